The second kappa shape index (κ2) is 11.0. The fourth-order valence-electron chi connectivity index (χ4n) is 3.62. The van der Waals surface area contributed by atoms with E-state index in [1.165, 1.54) is 0 Å². The molecule has 0 atom stereocenters. The first-order valence-corrected chi connectivity index (χ1v) is 10.6. The van der Waals surface area contributed by atoms with Gasteiger partial charge in [-0.3, -0.25) is 14.5 Å². The van der Waals surface area contributed by atoms with E-state index in [1.807, 2.05) is 24.3 Å². The molecule has 2 amide bonds. The largest absolute Gasteiger partial charge is 0.497 e. The van der Waals surface area contributed by atoms with E-state index in [0.29, 0.717) is 54.7 Å². The number of methoxy groups -OCH3 is 2. The average molecular weight is 446 g/mol. The summed E-state index contributed by atoms with van der Waals surface area (Å²) in [6.45, 7) is 2.07. The number of halogens is 1. The summed E-state index contributed by atoms with van der Waals surface area (Å²) in [6.07, 6.45) is 1.43. The first kappa shape index (κ1) is 22.9. The predicted octanol–water partition coefficient (Wildman–Crippen LogP) is 3.32. The molecular formula is C23H28ClN3O4. The Morgan fingerprint density at radius 1 is 1.10 bits per heavy atom. The number of likely N-dealkylation sites (tertiary alicyclic amines) is 1. The van der Waals surface area contributed by atoms with Crippen molar-refractivity contribution < 1.29 is 19.1 Å². The third-order valence-electron chi connectivity index (χ3n) is 5.42. The predicted molar refractivity (Wildman–Crippen MR) is 121 cm³/mol. The number of benzene rings is 2. The van der Waals surface area contributed by atoms with Gasteiger partial charge in [-0.15, -0.1) is 0 Å². The minimum atomic E-state index is -0.120. The Bertz CT molecular complexity index is 913. The number of ether oxygens (including phenoxy) is 2. The van der Waals surface area contributed by atoms with Crippen LogP contribution in [-0.2, 0) is 16.1 Å². The Balaban J connectivity index is 1.44. The minimum Gasteiger partial charge on any atom is -0.497 e. The molecule has 2 N–H and O–H groups in total. The van der Waals surface area contributed by atoms with Crippen molar-refractivity contribution in [1.82, 2.24) is 10.2 Å². The smallest absolute Gasteiger partial charge is 0.238 e. The van der Waals surface area contributed by atoms with Crippen LogP contribution in [-0.4, -0.2) is 50.6 Å². The Hall–Kier alpha value is -2.77. The third-order valence-corrected chi connectivity index (χ3v) is 5.79. The van der Waals surface area contributed by atoms with Crippen LogP contribution in [0.4, 0.5) is 5.69 Å². The van der Waals surface area contributed by atoms with Gasteiger partial charge in [0.25, 0.3) is 0 Å². The summed E-state index contributed by atoms with van der Waals surface area (Å²) >= 11 is 6.14. The van der Waals surface area contributed by atoms with Gasteiger partial charge in [0, 0.05) is 23.6 Å². The number of hydrogen-bond donors (Lipinski definition) is 2. The number of hydrogen-bond acceptors (Lipinski definition) is 5. The number of carbonyl (C=O) groups is 2. The summed E-state index contributed by atoms with van der Waals surface area (Å²) in [5.41, 5.74) is 1.50. The second-order valence-corrected chi connectivity index (χ2v) is 7.88. The number of piperidine rings is 1. The molecule has 0 saturated carbocycles. The summed E-state index contributed by atoms with van der Waals surface area (Å²) in [6, 6.07) is 12.7. The van der Waals surface area contributed by atoms with Gasteiger partial charge in [-0.1, -0.05) is 29.8 Å². The zero-order valence-electron chi connectivity index (χ0n) is 17.8. The minimum absolute atomic E-state index is 0.0343. The van der Waals surface area contributed by atoms with Crippen LogP contribution in [0.1, 0.15) is 18.4 Å². The second-order valence-electron chi connectivity index (χ2n) is 7.47. The zero-order valence-corrected chi connectivity index (χ0v) is 18.6. The Morgan fingerprint density at radius 2 is 1.84 bits per heavy atom. The molecule has 166 valence electrons. The lowest BCUT2D eigenvalue weighted by atomic mass is 9.96. The quantitative estimate of drug-likeness (QED) is 0.651. The monoisotopic (exact) mass is 445 g/mol. The molecule has 7 nitrogen and oxygen atoms in total. The fourth-order valence-corrected chi connectivity index (χ4v) is 3.82. The molecule has 0 unspecified atom stereocenters. The van der Waals surface area contributed by atoms with Crippen LogP contribution in [0, 0.1) is 5.92 Å². The van der Waals surface area contributed by atoms with Gasteiger partial charge in [-0.05, 0) is 49.7 Å². The van der Waals surface area contributed by atoms with Gasteiger partial charge in [0.1, 0.15) is 11.5 Å². The summed E-state index contributed by atoms with van der Waals surface area (Å²) in [5, 5.41) is 6.51. The molecule has 3 rings (SSSR count). The summed E-state index contributed by atoms with van der Waals surface area (Å²) in [7, 11) is 3.12. The molecule has 1 aliphatic rings. The van der Waals surface area contributed by atoms with Gasteiger partial charge in [0.15, 0.2) is 0 Å². The lowest BCUT2D eigenvalue weighted by Gasteiger charge is -2.30. The van der Waals surface area contributed by atoms with E-state index in [2.05, 4.69) is 15.5 Å². The van der Waals surface area contributed by atoms with E-state index in [0.717, 1.165) is 5.56 Å². The number of rotatable bonds is 8. The van der Waals surface area contributed by atoms with Crippen molar-refractivity contribution >= 4 is 29.1 Å². The molecule has 1 aliphatic heterocycles. The Morgan fingerprint density at radius 3 is 2.52 bits per heavy atom. The van der Waals surface area contributed by atoms with Crippen molar-refractivity contribution in [2.24, 2.45) is 5.92 Å². The van der Waals surface area contributed by atoms with E-state index < -0.39 is 0 Å². The summed E-state index contributed by atoms with van der Waals surface area (Å²) in [4.78, 5) is 27.0. The molecule has 1 saturated heterocycles. The molecule has 2 aromatic carbocycles. The normalized spacial score (nSPS) is 14.7. The fraction of sp³-hybridized carbons (Fsp3) is 0.391. The van der Waals surface area contributed by atoms with Gasteiger partial charge < -0.3 is 20.1 Å². The van der Waals surface area contributed by atoms with Gasteiger partial charge >= 0.3 is 0 Å². The Kier molecular flexibility index (Phi) is 8.14. The SMILES string of the molecule is COc1ccc(NC(=O)CN2CCC(C(=O)NCc3ccccc3Cl)CC2)c(OC)c1. The maximum absolute atomic E-state index is 12.5. The van der Waals surface area contributed by atoms with Crippen LogP contribution in [0.25, 0.3) is 0 Å². The molecule has 1 fully saturated rings. The van der Waals surface area contributed by atoms with Crippen molar-refractivity contribution in [3.05, 3.63) is 53.1 Å². The van der Waals surface area contributed by atoms with Gasteiger partial charge in [0.05, 0.1) is 26.5 Å². The topological polar surface area (TPSA) is 79.9 Å². The zero-order chi connectivity index (χ0) is 22.2. The van der Waals surface area contributed by atoms with Crippen LogP contribution in [0.5, 0.6) is 11.5 Å². The average Bonchev–Trinajstić information content (AvgIpc) is 2.79. The number of nitrogens with zero attached hydrogens (tertiary/aromatic N) is 1. The number of carbonyl (C=O) groups excluding carboxylic acids is 2. The molecule has 0 aromatic heterocycles. The van der Waals surface area contributed by atoms with Crippen molar-refractivity contribution in [3.63, 3.8) is 0 Å². The first-order chi connectivity index (χ1) is 15.0. The molecular weight excluding hydrogens is 418 g/mol. The molecule has 1 heterocycles. The standard InChI is InChI=1S/C23H28ClN3O4/c1-30-18-7-8-20(21(13-18)31-2)26-22(28)15-27-11-9-16(10-12-27)23(29)25-14-17-5-3-4-6-19(17)24/h3-8,13,16H,9-12,14-15H2,1-2H3,(H,25,29)(H,26,28). The van der Waals surface area contributed by atoms with E-state index in [-0.39, 0.29) is 24.3 Å². The highest BCUT2D eigenvalue weighted by Gasteiger charge is 2.26. The number of amides is 2. The number of nitrogens with one attached hydrogen (secondary N) is 2. The van der Waals surface area contributed by atoms with Crippen LogP contribution in [0.2, 0.25) is 5.02 Å². The van der Waals surface area contributed by atoms with Crippen molar-refractivity contribution in [3.8, 4) is 11.5 Å². The van der Waals surface area contributed by atoms with E-state index in [1.54, 1.807) is 32.4 Å². The molecule has 31 heavy (non-hydrogen) atoms. The first-order valence-electron chi connectivity index (χ1n) is 10.3. The van der Waals surface area contributed by atoms with Crippen LogP contribution < -0.4 is 20.1 Å². The van der Waals surface area contributed by atoms with Crippen molar-refractivity contribution in [2.75, 3.05) is 39.2 Å². The molecule has 0 bridgehead atoms. The van der Waals surface area contributed by atoms with E-state index >= 15 is 0 Å². The van der Waals surface area contributed by atoms with E-state index in [4.69, 9.17) is 21.1 Å². The maximum atomic E-state index is 12.5. The molecule has 8 heteroatoms. The van der Waals surface area contributed by atoms with Crippen LogP contribution in [0.3, 0.4) is 0 Å². The number of anilines is 1. The molecule has 0 aliphatic carbocycles. The van der Waals surface area contributed by atoms with Crippen LogP contribution >= 0.6 is 11.6 Å². The Labute approximate surface area is 187 Å². The lowest BCUT2D eigenvalue weighted by Crippen LogP contribution is -2.43. The highest BCUT2D eigenvalue weighted by atomic mass is 35.5. The van der Waals surface area contributed by atoms with Crippen molar-refractivity contribution in [1.29, 1.82) is 0 Å². The molecule has 0 spiro atoms. The van der Waals surface area contributed by atoms with Crippen molar-refractivity contribution in [2.45, 2.75) is 19.4 Å². The molecule has 0 radical (unpaired) electrons. The highest BCUT2D eigenvalue weighted by Crippen LogP contribution is 2.29. The van der Waals surface area contributed by atoms with Crippen LogP contribution in [0.15, 0.2) is 42.5 Å². The third kappa shape index (κ3) is 6.35. The van der Waals surface area contributed by atoms with Gasteiger partial charge in [-0.25, -0.2) is 0 Å². The highest BCUT2D eigenvalue weighted by molar-refractivity contribution is 6.31. The van der Waals surface area contributed by atoms with Gasteiger partial charge in [-0.2, -0.15) is 0 Å². The maximum Gasteiger partial charge on any atom is 0.238 e. The molecule has 2 aromatic rings. The lowest BCUT2D eigenvalue weighted by molar-refractivity contribution is -0.126. The van der Waals surface area contributed by atoms with E-state index in [9.17, 15) is 9.59 Å². The van der Waals surface area contributed by atoms with Gasteiger partial charge in [0.2, 0.25) is 11.8 Å². The summed E-state index contributed by atoms with van der Waals surface area (Å²) in [5.74, 6) is 1.06. The summed E-state index contributed by atoms with van der Waals surface area (Å²) < 4.78 is 10.5.